The second-order valence-electron chi connectivity index (χ2n) is 9.10. The third kappa shape index (κ3) is 6.75. The van der Waals surface area contributed by atoms with Gasteiger partial charge in [0.25, 0.3) is 10.2 Å². The van der Waals surface area contributed by atoms with E-state index in [4.69, 9.17) is 9.88 Å². The van der Waals surface area contributed by atoms with Gasteiger partial charge in [0.2, 0.25) is 5.95 Å². The van der Waals surface area contributed by atoms with Crippen LogP contribution in [0, 0.1) is 0 Å². The Bertz CT molecular complexity index is 853. The van der Waals surface area contributed by atoms with E-state index >= 15 is 0 Å². The Morgan fingerprint density at radius 2 is 1.87 bits per heavy atom. The molecular weight excluding hydrogens is 420 g/mol. The molecule has 1 saturated carbocycles. The number of nitrogens with zero attached hydrogens (tertiary/aromatic N) is 3. The maximum absolute atomic E-state index is 12.1. The number of nitrogens with one attached hydrogen (secondary N) is 2. The van der Waals surface area contributed by atoms with Crippen LogP contribution in [0.2, 0.25) is 0 Å². The molecule has 1 aliphatic heterocycles. The van der Waals surface area contributed by atoms with Crippen LogP contribution in [0.3, 0.4) is 0 Å². The number of carbonyl (C=O) groups is 1. The Morgan fingerprint density at radius 3 is 2.45 bits per heavy atom. The first-order valence-electron chi connectivity index (χ1n) is 10.9. The lowest BCUT2D eigenvalue weighted by molar-refractivity contribution is 0.0922. The molecule has 1 amide bonds. The molecule has 0 spiro atoms. The predicted octanol–water partition coefficient (Wildman–Crippen LogP) is 2.11. The van der Waals surface area contributed by atoms with Crippen molar-refractivity contribution in [3.05, 3.63) is 18.0 Å². The van der Waals surface area contributed by atoms with E-state index in [1.165, 1.54) is 4.31 Å². The highest BCUT2D eigenvalue weighted by atomic mass is 32.2. The molecule has 2 heterocycles. The van der Waals surface area contributed by atoms with Crippen molar-refractivity contribution < 1.29 is 17.9 Å². The van der Waals surface area contributed by atoms with Crippen LogP contribution in [0.1, 0.15) is 70.8 Å². The zero-order valence-corrected chi connectivity index (χ0v) is 19.3. The zero-order chi connectivity index (χ0) is 22.6. The summed E-state index contributed by atoms with van der Waals surface area (Å²) in [5.41, 5.74) is 0.760. The predicted molar refractivity (Wildman–Crippen MR) is 118 cm³/mol. The normalized spacial score (nSPS) is 23.5. The van der Waals surface area contributed by atoms with Gasteiger partial charge in [0.15, 0.2) is 0 Å². The maximum Gasteiger partial charge on any atom is 0.407 e. The SMILES string of the molecule is CCC(C)(C)NC(=O)O[C@@H]1CC[C@H](c2cnc(NC3CCN(S(N)(=O)=O)CC3)nc2)C1. The third-order valence-corrected chi connectivity index (χ3v) is 7.36. The number of amides is 1. The minimum absolute atomic E-state index is 0.0977. The molecule has 174 valence electrons. The van der Waals surface area contributed by atoms with Crippen molar-refractivity contribution >= 4 is 22.3 Å². The van der Waals surface area contributed by atoms with E-state index < -0.39 is 10.2 Å². The number of anilines is 1. The van der Waals surface area contributed by atoms with Crippen LogP contribution >= 0.6 is 0 Å². The molecule has 1 saturated heterocycles. The summed E-state index contributed by atoms with van der Waals surface area (Å²) < 4.78 is 29.7. The van der Waals surface area contributed by atoms with Gasteiger partial charge in [0.1, 0.15) is 6.10 Å². The molecule has 0 aromatic carbocycles. The number of ether oxygens (including phenoxy) is 1. The van der Waals surface area contributed by atoms with Crippen molar-refractivity contribution in [1.29, 1.82) is 0 Å². The first kappa shape index (κ1) is 23.7. The number of carbonyl (C=O) groups excluding carboxylic acids is 1. The molecule has 1 aliphatic carbocycles. The summed E-state index contributed by atoms with van der Waals surface area (Å²) in [7, 11) is -3.62. The fraction of sp³-hybridized carbons (Fsp3) is 0.750. The smallest absolute Gasteiger partial charge is 0.407 e. The number of aromatic nitrogens is 2. The van der Waals surface area contributed by atoms with Crippen molar-refractivity contribution in [1.82, 2.24) is 19.6 Å². The maximum atomic E-state index is 12.1. The molecule has 2 fully saturated rings. The highest BCUT2D eigenvalue weighted by Gasteiger charge is 2.30. The van der Waals surface area contributed by atoms with Crippen molar-refractivity contribution in [3.8, 4) is 0 Å². The van der Waals surface area contributed by atoms with E-state index in [2.05, 4.69) is 20.6 Å². The van der Waals surface area contributed by atoms with Gasteiger partial charge < -0.3 is 15.4 Å². The van der Waals surface area contributed by atoms with Gasteiger partial charge in [-0.3, -0.25) is 0 Å². The Hall–Kier alpha value is -1.98. The van der Waals surface area contributed by atoms with E-state index in [1.54, 1.807) is 0 Å². The topological polar surface area (TPSA) is 140 Å². The minimum atomic E-state index is -3.62. The molecule has 1 aromatic rings. The molecule has 2 aliphatic rings. The quantitative estimate of drug-likeness (QED) is 0.573. The van der Waals surface area contributed by atoms with E-state index in [1.807, 2.05) is 33.2 Å². The monoisotopic (exact) mass is 454 g/mol. The lowest BCUT2D eigenvalue weighted by atomic mass is 10.0. The average Bonchev–Trinajstić information content (AvgIpc) is 3.16. The number of alkyl carbamates (subject to hydrolysis) is 1. The van der Waals surface area contributed by atoms with Gasteiger partial charge >= 0.3 is 6.09 Å². The number of hydrogen-bond acceptors (Lipinski definition) is 7. The summed E-state index contributed by atoms with van der Waals surface area (Å²) in [6.07, 6.45) is 7.84. The van der Waals surface area contributed by atoms with Gasteiger partial charge in [-0.15, -0.1) is 0 Å². The minimum Gasteiger partial charge on any atom is -0.446 e. The van der Waals surface area contributed by atoms with Gasteiger partial charge in [-0.1, -0.05) is 6.92 Å². The fourth-order valence-corrected chi connectivity index (χ4v) is 4.68. The number of nitrogens with two attached hydrogens (primary N) is 1. The van der Waals surface area contributed by atoms with Gasteiger partial charge in [-0.2, -0.15) is 12.7 Å². The van der Waals surface area contributed by atoms with Crippen LogP contribution in [0.25, 0.3) is 0 Å². The Balaban J connectivity index is 1.46. The average molecular weight is 455 g/mol. The van der Waals surface area contributed by atoms with Gasteiger partial charge in [-0.05, 0) is 63.9 Å². The second kappa shape index (κ2) is 9.66. The van der Waals surface area contributed by atoms with E-state index in [0.717, 1.165) is 31.2 Å². The van der Waals surface area contributed by atoms with Crippen molar-refractivity contribution in [2.45, 2.75) is 82.9 Å². The summed E-state index contributed by atoms with van der Waals surface area (Å²) in [5, 5.41) is 11.4. The summed E-state index contributed by atoms with van der Waals surface area (Å²) >= 11 is 0. The number of hydrogen-bond donors (Lipinski definition) is 3. The number of rotatable bonds is 7. The number of piperidine rings is 1. The van der Waals surface area contributed by atoms with Crippen molar-refractivity contribution in [2.24, 2.45) is 5.14 Å². The summed E-state index contributed by atoms with van der Waals surface area (Å²) in [4.78, 5) is 21.0. The molecule has 3 rings (SSSR count). The van der Waals surface area contributed by atoms with E-state index in [-0.39, 0.29) is 29.7 Å². The van der Waals surface area contributed by atoms with Crippen LogP contribution in [0.15, 0.2) is 12.4 Å². The van der Waals surface area contributed by atoms with Crippen LogP contribution in [-0.4, -0.2) is 59.6 Å². The molecule has 0 bridgehead atoms. The Kier molecular flexibility index (Phi) is 7.38. The molecule has 0 radical (unpaired) electrons. The Labute approximate surface area is 184 Å². The van der Waals surface area contributed by atoms with Crippen LogP contribution in [-0.2, 0) is 14.9 Å². The largest absolute Gasteiger partial charge is 0.446 e. The van der Waals surface area contributed by atoms with Crippen molar-refractivity contribution in [2.75, 3.05) is 18.4 Å². The van der Waals surface area contributed by atoms with Crippen LogP contribution < -0.4 is 15.8 Å². The summed E-state index contributed by atoms with van der Waals surface area (Å²) in [6.45, 7) is 6.75. The zero-order valence-electron chi connectivity index (χ0n) is 18.5. The standard InChI is InChI=1S/C20H34N6O4S/c1-4-20(2,3)25-19(27)30-17-6-5-14(11-17)15-12-22-18(23-13-15)24-16-7-9-26(10-8-16)31(21,28)29/h12-14,16-17H,4-11H2,1-3H3,(H,25,27)(H2,21,28,29)(H,22,23,24)/t14-,17+/m0/s1. The first-order chi connectivity index (χ1) is 14.6. The fourth-order valence-electron chi connectivity index (χ4n) is 3.96. The third-order valence-electron chi connectivity index (χ3n) is 6.27. The van der Waals surface area contributed by atoms with Crippen LogP contribution in [0.4, 0.5) is 10.7 Å². The van der Waals surface area contributed by atoms with Crippen molar-refractivity contribution in [3.63, 3.8) is 0 Å². The molecule has 2 atom stereocenters. The molecule has 0 unspecified atom stereocenters. The van der Waals surface area contributed by atoms with Gasteiger partial charge in [0, 0.05) is 37.1 Å². The molecule has 10 nitrogen and oxygen atoms in total. The van der Waals surface area contributed by atoms with Gasteiger partial charge in [-0.25, -0.2) is 19.9 Å². The van der Waals surface area contributed by atoms with Crippen LogP contribution in [0.5, 0.6) is 0 Å². The highest BCUT2D eigenvalue weighted by molar-refractivity contribution is 7.86. The highest BCUT2D eigenvalue weighted by Crippen LogP contribution is 2.35. The lowest BCUT2D eigenvalue weighted by Crippen LogP contribution is -2.45. The molecule has 1 aromatic heterocycles. The van der Waals surface area contributed by atoms with E-state index in [0.29, 0.717) is 31.9 Å². The molecular formula is C20H34N6O4S. The first-order valence-corrected chi connectivity index (χ1v) is 12.4. The van der Waals surface area contributed by atoms with E-state index in [9.17, 15) is 13.2 Å². The second-order valence-corrected chi connectivity index (χ2v) is 10.6. The lowest BCUT2D eigenvalue weighted by Gasteiger charge is -2.30. The molecule has 11 heteroatoms. The Morgan fingerprint density at radius 1 is 1.23 bits per heavy atom. The molecule has 31 heavy (non-hydrogen) atoms. The summed E-state index contributed by atoms with van der Waals surface area (Å²) in [5.74, 6) is 0.800. The van der Waals surface area contributed by atoms with Gasteiger partial charge in [0.05, 0.1) is 0 Å². The molecule has 4 N–H and O–H groups in total. The summed E-state index contributed by atoms with van der Waals surface area (Å²) in [6, 6.07) is 0.110.